The maximum absolute atomic E-state index is 2.73. The Morgan fingerprint density at radius 2 is 0.169 bits per heavy atom. The number of hydrogen-bond acceptors (Lipinski definition) is 0. The summed E-state index contributed by atoms with van der Waals surface area (Å²) >= 11 is 0. The molecular weight excluding hydrogens is 1700 g/mol. The van der Waals surface area contributed by atoms with Gasteiger partial charge in [-0.3, -0.25) is 0 Å². The Balaban J connectivity index is 0.0000000911. The van der Waals surface area contributed by atoms with E-state index in [2.05, 4.69) is 52.4 Å². The van der Waals surface area contributed by atoms with Crippen molar-refractivity contribution in [1.29, 1.82) is 0 Å². The summed E-state index contributed by atoms with van der Waals surface area (Å²) in [7, 11) is -2.99. The van der Waals surface area contributed by atoms with Crippen LogP contribution in [0.2, 0.25) is 76.6 Å². The van der Waals surface area contributed by atoms with Gasteiger partial charge in [0.25, 0.3) is 0 Å². The largest absolute Gasteiger partial charge is 0.0712 e. The van der Waals surface area contributed by atoms with E-state index in [1.54, 1.807) is 571 Å². The highest BCUT2D eigenvalue weighted by molar-refractivity contribution is 6.88. The molecule has 0 aliphatic heterocycles. The van der Waals surface area contributed by atoms with Crippen LogP contribution in [0.5, 0.6) is 0 Å². The van der Waals surface area contributed by atoms with E-state index >= 15 is 0 Å². The Kier molecular flexibility index (Phi) is 4.90. The summed E-state index contributed by atoms with van der Waals surface area (Å²) in [6, 6.07) is 5.29. The molecule has 4 radical (unpaired) electrons. The van der Waals surface area contributed by atoms with Crippen LogP contribution in [0.25, 0.3) is 571 Å². The maximum Gasteiger partial charge on any atom is 0.0458 e. The first kappa shape index (κ1) is 53.8. The van der Waals surface area contributed by atoms with E-state index in [0.29, 0.717) is 0 Å². The summed E-state index contributed by atoms with van der Waals surface area (Å²) in [6.45, 7) is 21.8. The summed E-state index contributed by atoms with van der Waals surface area (Å²) in [4.78, 5) is 0. The van der Waals surface area contributed by atoms with Gasteiger partial charge in [0.05, 0.1) is 0 Å². The average Bonchev–Trinajstić information content (AvgIpc) is 1.38. The SMILES string of the molecule is C[Si](C)C[C@]12c3c4c5c6c7c8c(c9c%10c1c1c%11c3c3c%12c4c4c6c6c7c7c%13c8c9c8c9c%10c1c1c%10c%11c3c3c%11c%12c4c4c6c6c7c7c%13c8c8c9c1c1c%10c3c3c%11c4c6c4c7c8c1c34)[C@@]52C[Si](C)C.C[Si](C)C[C@]12c3c4c5c6c7c8c9c%10c(c1c1c%11c2c2c%12c3c5c3c5c%12c%12c2c2c%11c%11c%13c1c%10c1c%10c9c9c7c7c6c3c3c5c5c%12c6c2c%11c2c(c%131)c1c%10c9c9c7c3c3c9c1c2c6c53)[C@@]48C[Si](C)C. The van der Waals surface area contributed by atoms with Crippen molar-refractivity contribution in [2.75, 3.05) is 0 Å². The molecule has 0 spiro atoms. The molecule has 55 aromatic rings. The van der Waals surface area contributed by atoms with Crippen molar-refractivity contribution in [3.63, 3.8) is 0 Å². The smallest absolute Gasteiger partial charge is 0.0458 e. The summed E-state index contributed by atoms with van der Waals surface area (Å²) in [6.07, 6.45) is 0. The molecule has 0 fully saturated rings. The Hall–Kier alpha value is -14.2. The molecule has 55 aromatic carbocycles. The van der Waals surface area contributed by atoms with Gasteiger partial charge < -0.3 is 0 Å². The van der Waals surface area contributed by atoms with Crippen LogP contribution in [0.4, 0.5) is 0 Å². The topological polar surface area (TPSA) is 0 Å². The maximum atomic E-state index is 2.73. The zero-order valence-electron chi connectivity index (χ0n) is 72.8. The molecule has 9 aliphatic carbocycles. The first-order chi connectivity index (χ1) is 67.1. The summed E-state index contributed by atoms with van der Waals surface area (Å²) in [5.41, 5.74) is 18.3. The Morgan fingerprint density at radius 1 is 0.0882 bits per heavy atom. The van der Waals surface area contributed by atoms with E-state index < -0.39 is 35.2 Å². The summed E-state index contributed by atoms with van der Waals surface area (Å²) in [5.74, 6) is 0. The second-order valence-corrected chi connectivity index (χ2v) is 63.7. The van der Waals surface area contributed by atoms with Crippen LogP contribution in [0.1, 0.15) is 55.6 Å². The molecule has 0 aromatic heterocycles. The third-order valence-corrected chi connectivity index (χ3v) is 54.7. The lowest BCUT2D eigenvalue weighted by Gasteiger charge is -2.54. The average molecular weight is 1730 g/mol. The van der Waals surface area contributed by atoms with Crippen molar-refractivity contribution < 1.29 is 0 Å². The molecule has 9 aliphatic rings. The van der Waals surface area contributed by atoms with E-state index in [0.717, 1.165) is 0 Å². The standard InChI is InChI=1S/2C66H16Si2/c1-67(2)5-65-59-51-42-35-22-15-9-10-12-8-7-11(9)20(22)26-24-13(7)17-14(8)25-27-21(12)23-16(10)19-18(15)29-37-30(19)39-36(23)43-41(27)45-32(25)34-28(17)33-31(24)44(40(26)42)55(59)57-46(33)47(34)58-56(45)60-52(43)49(39)54-50(37)53(48(51)38(29)35)61(65)62(54)66(60,6-68(3)4)64(58)63(57)65;1-67(2)5-65-61-54-47-35-27-18-9-7-8-10-13(9)22-29(27)37-38-30(22)28-19(10)21-17-12(8)15-14-11(7)16-20(18)33(35)41-39-25(16)23(14)31-32-24(15)26(17)40-42-34(21)36(28)48-50(38)59(58(61)49(37)47)62-55(48)53(42)57-46(40)44(32)51-43(31)45(39)56(52(41)54)63(65)60(51)64(57)66(62,65)6-68(3)4/h2*5-6H2,1-4H3/t2*65-,66+. The van der Waals surface area contributed by atoms with Gasteiger partial charge in [0.1, 0.15) is 0 Å². The molecule has 136 heavy (non-hydrogen) atoms. The van der Waals surface area contributed by atoms with Crippen molar-refractivity contribution in [2.45, 2.75) is 98.2 Å². The van der Waals surface area contributed by atoms with Gasteiger partial charge in [-0.25, -0.2) is 0 Å². The lowest BCUT2D eigenvalue weighted by molar-refractivity contribution is 0.387. The lowest BCUT2D eigenvalue weighted by Crippen LogP contribution is -2.52. The molecule has 0 heterocycles. The van der Waals surface area contributed by atoms with E-state index in [9.17, 15) is 0 Å². The normalized spacial score (nSPS) is 22.3. The lowest BCUT2D eigenvalue weighted by atomic mass is 9.51. The predicted octanol–water partition coefficient (Wildman–Crippen LogP) is 37.3. The van der Waals surface area contributed by atoms with Crippen LogP contribution in [0.3, 0.4) is 0 Å². The van der Waals surface area contributed by atoms with Crippen molar-refractivity contribution >= 4 is 606 Å². The zero-order chi connectivity index (χ0) is 82.1. The predicted molar refractivity (Wildman–Crippen MR) is 595 cm³/mol. The molecule has 0 saturated heterocycles. The third kappa shape index (κ3) is 3.00. The van der Waals surface area contributed by atoms with Gasteiger partial charge in [0, 0.05) is 56.8 Å². The first-order valence-corrected chi connectivity index (χ1v) is 62.7. The molecule has 4 heteroatoms. The minimum absolute atomic E-state index is 0.0713. The fourth-order valence-electron chi connectivity index (χ4n) is 50.4. The molecule has 0 N–H and O–H groups in total. The van der Waals surface area contributed by atoms with Crippen molar-refractivity contribution in [3.8, 4) is 0 Å². The van der Waals surface area contributed by atoms with Gasteiger partial charge >= 0.3 is 0 Å². The van der Waals surface area contributed by atoms with Crippen molar-refractivity contribution in [2.24, 2.45) is 0 Å². The molecule has 576 valence electrons. The summed E-state index contributed by atoms with van der Waals surface area (Å²) < 4.78 is 0. The van der Waals surface area contributed by atoms with Crippen LogP contribution in [-0.2, 0) is 21.7 Å². The van der Waals surface area contributed by atoms with Crippen LogP contribution in [0.15, 0.2) is 0 Å². The Bertz CT molecular complexity index is 15200. The Morgan fingerprint density at radius 3 is 0.309 bits per heavy atom. The van der Waals surface area contributed by atoms with Crippen molar-refractivity contribution in [3.05, 3.63) is 55.6 Å². The van der Waals surface area contributed by atoms with E-state index in [-0.39, 0.29) is 21.7 Å². The van der Waals surface area contributed by atoms with Gasteiger partial charge in [-0.1, -0.05) is 52.4 Å². The van der Waals surface area contributed by atoms with E-state index in [1.165, 1.54) is 24.2 Å². The quantitative estimate of drug-likeness (QED) is 0.105. The number of rotatable bonds is 8. The van der Waals surface area contributed by atoms with Crippen LogP contribution in [-0.4, -0.2) is 35.2 Å². The van der Waals surface area contributed by atoms with Gasteiger partial charge in [-0.15, -0.1) is 0 Å². The minimum Gasteiger partial charge on any atom is -0.0712 e. The van der Waals surface area contributed by atoms with E-state index in [1.807, 2.05) is 55.6 Å². The number of benzene rings is 34. The highest BCUT2D eigenvalue weighted by Gasteiger charge is 2.73. The zero-order valence-corrected chi connectivity index (χ0v) is 76.8. The number of hydrogen-bond donors (Lipinski definition) is 0. The second-order valence-electron chi connectivity index (χ2n) is 52.7. The third-order valence-electron chi connectivity index (χ3n) is 49.7. The molecule has 0 unspecified atom stereocenters. The van der Waals surface area contributed by atoms with Crippen LogP contribution >= 0.6 is 0 Å². The van der Waals surface area contributed by atoms with Gasteiger partial charge in [-0.05, 0) is 651 Å². The highest BCUT2D eigenvalue weighted by atomic mass is 28.3. The van der Waals surface area contributed by atoms with Crippen molar-refractivity contribution in [1.82, 2.24) is 0 Å². The fourth-order valence-corrected chi connectivity index (χ4v) is 57.0. The van der Waals surface area contributed by atoms with Gasteiger partial charge in [0.15, 0.2) is 0 Å². The molecule has 0 amide bonds. The molecule has 0 bridgehead atoms. The molecule has 0 nitrogen and oxygen atoms in total. The fraction of sp³-hybridized carbons (Fsp3) is 0.121. The monoisotopic (exact) mass is 1730 g/mol. The van der Waals surface area contributed by atoms with Crippen LogP contribution in [0, 0.1) is 0 Å². The minimum atomic E-state index is -0.754. The van der Waals surface area contributed by atoms with E-state index in [4.69, 9.17) is 0 Å². The van der Waals surface area contributed by atoms with Crippen LogP contribution < -0.4 is 0 Å². The highest BCUT2D eigenvalue weighted by Crippen LogP contribution is 2.91. The molecular formula is C132H32Si4. The van der Waals surface area contributed by atoms with Gasteiger partial charge in [-0.2, -0.15) is 0 Å². The second kappa shape index (κ2) is 12.4. The Labute approximate surface area is 753 Å². The molecule has 0 saturated carbocycles. The molecule has 4 atom stereocenters. The summed E-state index contributed by atoms with van der Waals surface area (Å²) in [5, 5.41) is 182. The van der Waals surface area contributed by atoms with Gasteiger partial charge in [0.2, 0.25) is 0 Å². The first-order valence-electron chi connectivity index (χ1n) is 51.8. The molecule has 64 rings (SSSR count).